The van der Waals surface area contributed by atoms with Gasteiger partial charge >= 0.3 is 11.9 Å². The topological polar surface area (TPSA) is 93.1 Å². The lowest BCUT2D eigenvalue weighted by molar-refractivity contribution is -0.146. The Labute approximate surface area is 284 Å². The molecule has 0 spiro atoms. The molecule has 0 amide bonds. The number of unbranched alkanes of at least 4 members (excludes halogenated alkanes) is 17. The van der Waals surface area contributed by atoms with E-state index in [9.17, 15) is 19.8 Å². The summed E-state index contributed by atoms with van der Waals surface area (Å²) in [6.45, 7) is 5.20. The third-order valence-electron chi connectivity index (χ3n) is 8.50. The number of carbonyl (C=O) groups is 2. The maximum atomic E-state index is 11.9. The monoisotopic (exact) mass is 651 g/mol. The van der Waals surface area contributed by atoms with Crippen molar-refractivity contribution in [2.45, 2.75) is 206 Å². The first kappa shape index (κ1) is 44.3. The molecule has 0 rings (SSSR count). The highest BCUT2D eigenvalue weighted by Gasteiger charge is 2.05. The van der Waals surface area contributed by atoms with Gasteiger partial charge in [0, 0.05) is 12.8 Å². The van der Waals surface area contributed by atoms with Gasteiger partial charge in [-0.1, -0.05) is 128 Å². The first-order valence-corrected chi connectivity index (χ1v) is 19.5. The van der Waals surface area contributed by atoms with Crippen LogP contribution < -0.4 is 0 Å². The second kappa shape index (κ2) is 36.2. The molecular weight excluding hydrogens is 576 g/mol. The van der Waals surface area contributed by atoms with E-state index in [-0.39, 0.29) is 24.1 Å². The minimum absolute atomic E-state index is 0.129. The zero-order valence-electron chi connectivity index (χ0n) is 30.2. The molecule has 6 heteroatoms. The SMILES string of the molecule is CCCCCCC(O)C/C=C/CCCCCCCC(=O)OCCCCOC(=O)CCCCCCC/C=C/CC(O)CCCCCC. The van der Waals surface area contributed by atoms with Gasteiger partial charge in [-0.25, -0.2) is 0 Å². The van der Waals surface area contributed by atoms with Crippen molar-refractivity contribution in [2.75, 3.05) is 13.2 Å². The van der Waals surface area contributed by atoms with E-state index < -0.39 is 0 Å². The van der Waals surface area contributed by atoms with Crippen LogP contribution in [0.3, 0.4) is 0 Å². The van der Waals surface area contributed by atoms with Crippen molar-refractivity contribution in [1.82, 2.24) is 0 Å². The van der Waals surface area contributed by atoms with Gasteiger partial charge in [-0.05, 0) is 77.0 Å². The van der Waals surface area contributed by atoms with E-state index in [4.69, 9.17) is 9.47 Å². The molecule has 0 bridgehead atoms. The minimum Gasteiger partial charge on any atom is -0.466 e. The molecule has 2 unspecified atom stereocenters. The lowest BCUT2D eigenvalue weighted by Crippen LogP contribution is -2.08. The highest BCUT2D eigenvalue weighted by molar-refractivity contribution is 5.69. The van der Waals surface area contributed by atoms with Crippen molar-refractivity contribution < 1.29 is 29.3 Å². The molecule has 270 valence electrons. The fourth-order valence-electron chi connectivity index (χ4n) is 5.44. The molecule has 0 heterocycles. The number of hydrogen-bond acceptors (Lipinski definition) is 6. The summed E-state index contributed by atoms with van der Waals surface area (Å²) in [5.74, 6) is -0.257. The summed E-state index contributed by atoms with van der Waals surface area (Å²) in [4.78, 5) is 23.9. The molecule has 0 aromatic carbocycles. The molecular formula is C40H74O6. The predicted octanol–water partition coefficient (Wildman–Crippen LogP) is 10.9. The molecule has 6 nitrogen and oxygen atoms in total. The summed E-state index contributed by atoms with van der Waals surface area (Å²) in [7, 11) is 0. The highest BCUT2D eigenvalue weighted by Crippen LogP contribution is 2.13. The Morgan fingerprint density at radius 1 is 0.478 bits per heavy atom. The average Bonchev–Trinajstić information content (AvgIpc) is 3.04. The number of carbonyl (C=O) groups excluding carboxylic acids is 2. The first-order chi connectivity index (χ1) is 22.5. The number of hydrogen-bond donors (Lipinski definition) is 2. The Hall–Kier alpha value is -1.66. The van der Waals surface area contributed by atoms with Gasteiger partial charge in [0.05, 0.1) is 25.4 Å². The van der Waals surface area contributed by atoms with E-state index in [0.29, 0.717) is 26.1 Å². The molecule has 0 aliphatic carbocycles. The quantitative estimate of drug-likeness (QED) is 0.0403. The Bertz CT molecular complexity index is 659. The second-order valence-electron chi connectivity index (χ2n) is 13.2. The molecule has 2 N–H and O–H groups in total. The predicted molar refractivity (Wildman–Crippen MR) is 193 cm³/mol. The number of allylic oxidation sites excluding steroid dienone is 2. The molecule has 0 aromatic rings. The first-order valence-electron chi connectivity index (χ1n) is 19.5. The van der Waals surface area contributed by atoms with Crippen molar-refractivity contribution in [3.63, 3.8) is 0 Å². The Morgan fingerprint density at radius 3 is 1.26 bits per heavy atom. The molecule has 2 atom stereocenters. The fourth-order valence-corrected chi connectivity index (χ4v) is 5.44. The van der Waals surface area contributed by atoms with E-state index in [0.717, 1.165) is 116 Å². The van der Waals surface area contributed by atoms with Gasteiger partial charge in [0.15, 0.2) is 0 Å². The number of ether oxygens (including phenoxy) is 2. The largest absolute Gasteiger partial charge is 0.466 e. The van der Waals surface area contributed by atoms with Gasteiger partial charge in [-0.2, -0.15) is 0 Å². The Balaban J connectivity index is 3.41. The second-order valence-corrected chi connectivity index (χ2v) is 13.2. The van der Waals surface area contributed by atoms with Crippen molar-refractivity contribution in [3.05, 3.63) is 24.3 Å². The van der Waals surface area contributed by atoms with E-state index in [2.05, 4.69) is 38.2 Å². The lowest BCUT2D eigenvalue weighted by Gasteiger charge is -2.07. The molecule has 0 saturated heterocycles. The maximum Gasteiger partial charge on any atom is 0.305 e. The normalized spacial score (nSPS) is 13.0. The van der Waals surface area contributed by atoms with Crippen LogP contribution in [0, 0.1) is 0 Å². The molecule has 46 heavy (non-hydrogen) atoms. The summed E-state index contributed by atoms with van der Waals surface area (Å²) in [5, 5.41) is 20.0. The molecule has 0 fully saturated rings. The standard InChI is InChI=1S/C40H74O6/c1-3-5-7-21-29-37(41)31-23-17-13-9-11-15-19-25-33-39(43)45-35-27-28-36-46-40(44)34-26-20-16-12-10-14-18-24-32-38(42)30-22-8-6-4-2/h17-18,23-24,37-38,41-42H,3-16,19-22,25-36H2,1-2H3/b23-17+,24-18+. The molecule has 0 saturated carbocycles. The van der Waals surface area contributed by atoms with Gasteiger partial charge in [0.1, 0.15) is 0 Å². The van der Waals surface area contributed by atoms with Crippen molar-refractivity contribution in [1.29, 1.82) is 0 Å². The van der Waals surface area contributed by atoms with Crippen LogP contribution in [0.5, 0.6) is 0 Å². The third kappa shape index (κ3) is 35.2. The van der Waals surface area contributed by atoms with Gasteiger partial charge in [0.2, 0.25) is 0 Å². The number of aliphatic hydroxyl groups is 2. The van der Waals surface area contributed by atoms with Gasteiger partial charge < -0.3 is 19.7 Å². The van der Waals surface area contributed by atoms with Crippen molar-refractivity contribution >= 4 is 11.9 Å². The molecule has 0 aliphatic rings. The smallest absolute Gasteiger partial charge is 0.305 e. The van der Waals surface area contributed by atoms with E-state index >= 15 is 0 Å². The van der Waals surface area contributed by atoms with Crippen LogP contribution in [0.4, 0.5) is 0 Å². The van der Waals surface area contributed by atoms with Crippen LogP contribution in [0.1, 0.15) is 194 Å². The summed E-state index contributed by atoms with van der Waals surface area (Å²) >= 11 is 0. The zero-order chi connectivity index (χ0) is 33.8. The van der Waals surface area contributed by atoms with Crippen LogP contribution in [0.25, 0.3) is 0 Å². The maximum absolute atomic E-state index is 11.9. The fraction of sp³-hybridized carbons (Fsp3) is 0.850. The lowest BCUT2D eigenvalue weighted by atomic mass is 10.1. The van der Waals surface area contributed by atoms with Gasteiger partial charge in [0.25, 0.3) is 0 Å². The number of rotatable bonds is 35. The van der Waals surface area contributed by atoms with E-state index in [1.54, 1.807) is 0 Å². The van der Waals surface area contributed by atoms with Crippen LogP contribution in [-0.4, -0.2) is 47.6 Å². The zero-order valence-corrected chi connectivity index (χ0v) is 30.2. The van der Waals surface area contributed by atoms with Gasteiger partial charge in [-0.3, -0.25) is 9.59 Å². The number of aliphatic hydroxyl groups excluding tert-OH is 2. The average molecular weight is 651 g/mol. The van der Waals surface area contributed by atoms with Crippen molar-refractivity contribution in [3.8, 4) is 0 Å². The van der Waals surface area contributed by atoms with E-state index in [1.807, 2.05) is 0 Å². The third-order valence-corrected chi connectivity index (χ3v) is 8.50. The van der Waals surface area contributed by atoms with Crippen LogP contribution in [-0.2, 0) is 19.1 Å². The Kier molecular flexibility index (Phi) is 34.9. The summed E-state index contributed by atoms with van der Waals surface area (Å²) in [6.07, 6.45) is 36.6. The molecule has 0 aliphatic heterocycles. The van der Waals surface area contributed by atoms with Crippen molar-refractivity contribution in [2.24, 2.45) is 0 Å². The van der Waals surface area contributed by atoms with Crippen LogP contribution >= 0.6 is 0 Å². The molecule has 0 radical (unpaired) electrons. The Morgan fingerprint density at radius 2 is 0.848 bits per heavy atom. The minimum atomic E-state index is -0.192. The molecule has 0 aromatic heterocycles. The summed E-state index contributed by atoms with van der Waals surface area (Å²) < 4.78 is 10.6. The van der Waals surface area contributed by atoms with E-state index in [1.165, 1.54) is 51.4 Å². The summed E-state index contributed by atoms with van der Waals surface area (Å²) in [5.41, 5.74) is 0. The van der Waals surface area contributed by atoms with Crippen LogP contribution in [0.15, 0.2) is 24.3 Å². The number of esters is 2. The van der Waals surface area contributed by atoms with Gasteiger partial charge in [-0.15, -0.1) is 0 Å². The highest BCUT2D eigenvalue weighted by atomic mass is 16.5. The van der Waals surface area contributed by atoms with Crippen LogP contribution in [0.2, 0.25) is 0 Å². The summed E-state index contributed by atoms with van der Waals surface area (Å²) in [6, 6.07) is 0.